The normalized spacial score (nSPS) is 18.7. The molecule has 0 aromatic carbocycles. The van der Waals surface area contributed by atoms with E-state index < -0.39 is 5.60 Å². The van der Waals surface area contributed by atoms with Gasteiger partial charge in [-0.05, 0) is 25.3 Å². The number of aliphatic hydroxyl groups is 1. The molecule has 1 atom stereocenters. The van der Waals surface area contributed by atoms with Crippen LogP contribution in [0, 0.1) is 12.8 Å². The van der Waals surface area contributed by atoms with E-state index in [-0.39, 0.29) is 11.8 Å². The van der Waals surface area contributed by atoms with Crippen molar-refractivity contribution in [1.29, 1.82) is 0 Å². The van der Waals surface area contributed by atoms with Crippen LogP contribution >= 0.6 is 11.3 Å². The number of hydrogen-bond acceptors (Lipinski definition) is 4. The van der Waals surface area contributed by atoms with Crippen molar-refractivity contribution in [3.63, 3.8) is 0 Å². The second kappa shape index (κ2) is 4.55. The van der Waals surface area contributed by atoms with Crippen molar-refractivity contribution in [2.45, 2.75) is 33.3 Å². The molecule has 0 radical (unpaired) electrons. The van der Waals surface area contributed by atoms with E-state index in [1.54, 1.807) is 6.92 Å². The van der Waals surface area contributed by atoms with Gasteiger partial charge in [0.1, 0.15) is 6.61 Å². The highest BCUT2D eigenvalue weighted by atomic mass is 32.1. The molecule has 2 N–H and O–H groups in total. The minimum atomic E-state index is -0.940. The van der Waals surface area contributed by atoms with Crippen LogP contribution in [0.5, 0.6) is 5.06 Å². The number of hydrogen-bond donors (Lipinski definition) is 2. The standard InChI is InChI=1S/C13H19NO3S/c1-7(2)13(4,16)10-8(3)9-11(15)14-5-6-17-12(9)18-10/h7,16H,5-6H2,1-4H3,(H,14,15). The molecule has 0 saturated carbocycles. The van der Waals surface area contributed by atoms with Crippen molar-refractivity contribution in [2.75, 3.05) is 13.2 Å². The lowest BCUT2D eigenvalue weighted by molar-refractivity contribution is 0.0121. The Bertz CT molecular complexity index is 477. The summed E-state index contributed by atoms with van der Waals surface area (Å²) >= 11 is 1.38. The third-order valence-electron chi connectivity index (χ3n) is 3.55. The van der Waals surface area contributed by atoms with Gasteiger partial charge in [-0.1, -0.05) is 13.8 Å². The number of ether oxygens (including phenoxy) is 1. The molecule has 100 valence electrons. The smallest absolute Gasteiger partial charge is 0.256 e. The Morgan fingerprint density at radius 3 is 2.78 bits per heavy atom. The van der Waals surface area contributed by atoms with E-state index in [0.717, 1.165) is 10.4 Å². The number of carbonyl (C=O) groups excluding carboxylic acids is 1. The third kappa shape index (κ3) is 2.01. The van der Waals surface area contributed by atoms with Gasteiger partial charge in [-0.25, -0.2) is 0 Å². The van der Waals surface area contributed by atoms with E-state index in [2.05, 4.69) is 5.32 Å². The maximum absolute atomic E-state index is 12.0. The van der Waals surface area contributed by atoms with Crippen LogP contribution in [0.4, 0.5) is 0 Å². The Labute approximate surface area is 111 Å². The van der Waals surface area contributed by atoms with E-state index in [1.165, 1.54) is 11.3 Å². The minimum absolute atomic E-state index is 0.0709. The summed E-state index contributed by atoms with van der Waals surface area (Å²) in [6, 6.07) is 0. The Kier molecular flexibility index (Phi) is 3.38. The summed E-state index contributed by atoms with van der Waals surface area (Å²) in [5.74, 6) is -0.0383. The lowest BCUT2D eigenvalue weighted by atomic mass is 9.88. The van der Waals surface area contributed by atoms with Crippen molar-refractivity contribution in [3.05, 3.63) is 16.0 Å². The predicted octanol–water partition coefficient (Wildman–Crippen LogP) is 2.04. The summed E-state index contributed by atoms with van der Waals surface area (Å²) in [4.78, 5) is 12.8. The molecule has 4 nitrogen and oxygen atoms in total. The predicted molar refractivity (Wildman–Crippen MR) is 71.3 cm³/mol. The zero-order valence-corrected chi connectivity index (χ0v) is 12.0. The van der Waals surface area contributed by atoms with E-state index in [1.807, 2.05) is 20.8 Å². The van der Waals surface area contributed by atoms with Gasteiger partial charge in [0.05, 0.1) is 17.7 Å². The van der Waals surface area contributed by atoms with Crippen LogP contribution in [0.25, 0.3) is 0 Å². The molecule has 1 aliphatic heterocycles. The first-order valence-electron chi connectivity index (χ1n) is 6.13. The zero-order valence-electron chi connectivity index (χ0n) is 11.2. The molecular weight excluding hydrogens is 250 g/mol. The van der Waals surface area contributed by atoms with E-state index in [0.29, 0.717) is 23.8 Å². The molecule has 0 bridgehead atoms. The van der Waals surface area contributed by atoms with Crippen LogP contribution in [-0.4, -0.2) is 24.2 Å². The maximum atomic E-state index is 12.0. The summed E-state index contributed by atoms with van der Waals surface area (Å²) in [7, 11) is 0. The molecule has 1 aliphatic rings. The lowest BCUT2D eigenvalue weighted by Crippen LogP contribution is -2.29. The molecule has 5 heteroatoms. The fourth-order valence-corrected chi connectivity index (χ4v) is 3.37. The summed E-state index contributed by atoms with van der Waals surface area (Å²) in [5, 5.41) is 14.0. The fraction of sp³-hybridized carbons (Fsp3) is 0.615. The molecule has 0 spiro atoms. The van der Waals surface area contributed by atoms with Gasteiger partial charge >= 0.3 is 0 Å². The molecule has 1 amide bonds. The maximum Gasteiger partial charge on any atom is 0.256 e. The number of carbonyl (C=O) groups is 1. The Hall–Kier alpha value is -1.07. The highest BCUT2D eigenvalue weighted by Gasteiger charge is 2.35. The molecule has 0 aliphatic carbocycles. The Balaban J connectivity index is 2.54. The zero-order chi connectivity index (χ0) is 13.5. The number of amides is 1. The molecule has 1 unspecified atom stereocenters. The van der Waals surface area contributed by atoms with Gasteiger partial charge in [0.15, 0.2) is 5.06 Å². The third-order valence-corrected chi connectivity index (χ3v) is 4.98. The highest BCUT2D eigenvalue weighted by molar-refractivity contribution is 7.14. The average Bonchev–Trinajstić information content (AvgIpc) is 2.50. The first kappa shape index (κ1) is 13.4. The summed E-state index contributed by atoms with van der Waals surface area (Å²) in [6.45, 7) is 8.58. The Morgan fingerprint density at radius 1 is 1.50 bits per heavy atom. The average molecular weight is 269 g/mol. The van der Waals surface area contributed by atoms with Crippen LogP contribution < -0.4 is 10.1 Å². The largest absolute Gasteiger partial charge is 0.481 e. The van der Waals surface area contributed by atoms with Gasteiger partial charge < -0.3 is 15.2 Å². The fourth-order valence-electron chi connectivity index (χ4n) is 1.99. The lowest BCUT2D eigenvalue weighted by Gasteiger charge is -2.27. The highest BCUT2D eigenvalue weighted by Crippen LogP contribution is 2.43. The van der Waals surface area contributed by atoms with Gasteiger partial charge in [-0.15, -0.1) is 11.3 Å². The molecule has 2 rings (SSSR count). The van der Waals surface area contributed by atoms with E-state index in [4.69, 9.17) is 4.74 Å². The van der Waals surface area contributed by atoms with Crippen LogP contribution in [-0.2, 0) is 5.60 Å². The molecule has 18 heavy (non-hydrogen) atoms. The van der Waals surface area contributed by atoms with Gasteiger partial charge in [-0.2, -0.15) is 0 Å². The molecule has 1 aromatic heterocycles. The first-order chi connectivity index (χ1) is 8.35. The number of rotatable bonds is 2. The van der Waals surface area contributed by atoms with Crippen LogP contribution in [0.1, 0.15) is 41.6 Å². The number of nitrogens with one attached hydrogen (secondary N) is 1. The van der Waals surface area contributed by atoms with Crippen LogP contribution in [0.15, 0.2) is 0 Å². The second-order valence-corrected chi connectivity index (χ2v) is 6.11. The monoisotopic (exact) mass is 269 g/mol. The number of fused-ring (bicyclic) bond motifs is 1. The Morgan fingerprint density at radius 2 is 2.17 bits per heavy atom. The SMILES string of the molecule is Cc1c(C(C)(O)C(C)C)sc2c1C(=O)NCCO2. The van der Waals surface area contributed by atoms with Crippen molar-refractivity contribution in [3.8, 4) is 5.06 Å². The van der Waals surface area contributed by atoms with Gasteiger partial charge in [0.2, 0.25) is 0 Å². The van der Waals surface area contributed by atoms with Crippen molar-refractivity contribution < 1.29 is 14.6 Å². The van der Waals surface area contributed by atoms with Crippen molar-refractivity contribution in [1.82, 2.24) is 5.32 Å². The summed E-state index contributed by atoms with van der Waals surface area (Å²) in [6.07, 6.45) is 0. The molecular formula is C13H19NO3S. The summed E-state index contributed by atoms with van der Waals surface area (Å²) < 4.78 is 5.58. The van der Waals surface area contributed by atoms with Gasteiger partial charge in [-0.3, -0.25) is 4.79 Å². The molecule has 2 heterocycles. The summed E-state index contributed by atoms with van der Waals surface area (Å²) in [5.41, 5.74) is 0.464. The minimum Gasteiger partial charge on any atom is -0.481 e. The molecule has 1 aromatic rings. The van der Waals surface area contributed by atoms with Gasteiger partial charge in [0.25, 0.3) is 5.91 Å². The topological polar surface area (TPSA) is 58.6 Å². The molecule has 0 saturated heterocycles. The van der Waals surface area contributed by atoms with Crippen LogP contribution in [0.2, 0.25) is 0 Å². The first-order valence-corrected chi connectivity index (χ1v) is 6.94. The number of thiophene rings is 1. The van der Waals surface area contributed by atoms with E-state index in [9.17, 15) is 9.90 Å². The second-order valence-electron chi connectivity index (χ2n) is 5.13. The van der Waals surface area contributed by atoms with Crippen molar-refractivity contribution >= 4 is 17.2 Å². The quantitative estimate of drug-likeness (QED) is 0.864. The molecule has 0 fully saturated rings. The van der Waals surface area contributed by atoms with Crippen LogP contribution in [0.3, 0.4) is 0 Å². The van der Waals surface area contributed by atoms with Gasteiger partial charge in [0, 0.05) is 4.88 Å². The van der Waals surface area contributed by atoms with E-state index >= 15 is 0 Å². The van der Waals surface area contributed by atoms with Crippen molar-refractivity contribution in [2.24, 2.45) is 5.92 Å².